The van der Waals surface area contributed by atoms with E-state index in [1.165, 1.54) is 5.56 Å². The number of sulfonamides is 1. The second kappa shape index (κ2) is 8.55. The Morgan fingerprint density at radius 2 is 1.80 bits per heavy atom. The number of nitrogens with zero attached hydrogens (tertiary/aromatic N) is 1. The Hall–Kier alpha value is -2.74. The molecule has 1 atom stereocenters. The summed E-state index contributed by atoms with van der Waals surface area (Å²) >= 11 is 0. The lowest BCUT2D eigenvalue weighted by molar-refractivity contribution is -0.120. The maximum atomic E-state index is 12.7. The fourth-order valence-electron chi connectivity index (χ4n) is 3.71. The van der Waals surface area contributed by atoms with Crippen molar-refractivity contribution in [1.29, 1.82) is 0 Å². The molecule has 0 bridgehead atoms. The van der Waals surface area contributed by atoms with Crippen molar-refractivity contribution in [2.24, 2.45) is 0 Å². The van der Waals surface area contributed by atoms with Gasteiger partial charge in [-0.1, -0.05) is 44.2 Å². The normalized spacial score (nSPS) is 14.3. The molecule has 1 aliphatic rings. The minimum atomic E-state index is -3.67. The van der Waals surface area contributed by atoms with Crippen molar-refractivity contribution in [2.45, 2.75) is 38.6 Å². The van der Waals surface area contributed by atoms with Crippen LogP contribution in [0.5, 0.6) is 11.5 Å². The third-order valence-corrected chi connectivity index (χ3v) is 6.25. The van der Waals surface area contributed by atoms with Gasteiger partial charge in [0, 0.05) is 12.1 Å². The van der Waals surface area contributed by atoms with Gasteiger partial charge in [0.05, 0.1) is 11.9 Å². The quantitative estimate of drug-likeness (QED) is 0.693. The van der Waals surface area contributed by atoms with Gasteiger partial charge in [-0.25, -0.2) is 8.42 Å². The maximum Gasteiger partial charge on any atom is 0.240 e. The van der Waals surface area contributed by atoms with Crippen LogP contribution in [0.1, 0.15) is 32.8 Å². The highest BCUT2D eigenvalue weighted by molar-refractivity contribution is 7.92. The minimum absolute atomic E-state index is 0.0901. The number of hydrogen-bond acceptors (Lipinski definition) is 5. The average Bonchev–Trinajstić information content (AvgIpc) is 3.13. The molecule has 8 heteroatoms. The molecule has 0 aromatic heterocycles. The first-order chi connectivity index (χ1) is 14.1. The number of fused-ring (bicyclic) bond motifs is 1. The lowest BCUT2D eigenvalue weighted by Crippen LogP contribution is -2.44. The van der Waals surface area contributed by atoms with Crippen molar-refractivity contribution in [3.8, 4) is 11.5 Å². The van der Waals surface area contributed by atoms with E-state index >= 15 is 0 Å². The molecule has 1 heterocycles. The molecule has 2 aromatic carbocycles. The number of amides is 1. The first-order valence-electron chi connectivity index (χ1n) is 9.78. The second-order valence-corrected chi connectivity index (χ2v) is 10.1. The van der Waals surface area contributed by atoms with Crippen molar-refractivity contribution in [2.75, 3.05) is 23.9 Å². The lowest BCUT2D eigenvalue weighted by atomic mass is 9.79. The van der Waals surface area contributed by atoms with Crippen LogP contribution in [0.2, 0.25) is 0 Å². The van der Waals surface area contributed by atoms with Gasteiger partial charge in [-0.3, -0.25) is 9.10 Å². The van der Waals surface area contributed by atoms with E-state index in [4.69, 9.17) is 9.47 Å². The van der Waals surface area contributed by atoms with Gasteiger partial charge in [0.2, 0.25) is 22.7 Å². The van der Waals surface area contributed by atoms with Gasteiger partial charge < -0.3 is 14.8 Å². The van der Waals surface area contributed by atoms with Crippen LogP contribution in [-0.4, -0.2) is 40.0 Å². The smallest absolute Gasteiger partial charge is 0.240 e. The number of carbonyl (C=O) groups is 1. The zero-order valence-electron chi connectivity index (χ0n) is 17.7. The molecule has 0 saturated carbocycles. The van der Waals surface area contributed by atoms with Gasteiger partial charge in [0.1, 0.15) is 6.54 Å². The molecule has 1 amide bonds. The number of benzene rings is 2. The Morgan fingerprint density at radius 3 is 2.47 bits per heavy atom. The van der Waals surface area contributed by atoms with Gasteiger partial charge in [-0.2, -0.15) is 0 Å². The number of ether oxygens (including phenoxy) is 2. The van der Waals surface area contributed by atoms with Gasteiger partial charge in [-0.05, 0) is 36.5 Å². The first kappa shape index (κ1) is 22.0. The molecule has 0 radical (unpaired) electrons. The Bertz CT molecular complexity index is 1010. The molecule has 1 unspecified atom stereocenters. The van der Waals surface area contributed by atoms with Crippen molar-refractivity contribution >= 4 is 21.6 Å². The molecule has 0 aliphatic carbocycles. The van der Waals surface area contributed by atoms with E-state index in [9.17, 15) is 13.2 Å². The van der Waals surface area contributed by atoms with Gasteiger partial charge in [-0.15, -0.1) is 0 Å². The van der Waals surface area contributed by atoms with E-state index in [2.05, 4.69) is 31.3 Å². The molecule has 0 saturated heterocycles. The third-order valence-electron chi connectivity index (χ3n) is 5.11. The molecule has 162 valence electrons. The molecule has 30 heavy (non-hydrogen) atoms. The fraction of sp³-hybridized carbons (Fsp3) is 0.409. The highest BCUT2D eigenvalue weighted by atomic mass is 32.2. The van der Waals surface area contributed by atoms with Crippen molar-refractivity contribution in [3.05, 3.63) is 54.1 Å². The SMILES string of the molecule is CC(CC(C)(C)c1ccccc1)NC(=O)CN(c1ccc2c(c1)OCO2)S(C)(=O)=O. The molecular formula is C22H28N2O5S. The van der Waals surface area contributed by atoms with E-state index in [1.54, 1.807) is 18.2 Å². The molecule has 1 N–H and O–H groups in total. The number of rotatable bonds is 8. The zero-order valence-corrected chi connectivity index (χ0v) is 18.5. The second-order valence-electron chi connectivity index (χ2n) is 8.23. The summed E-state index contributed by atoms with van der Waals surface area (Å²) in [6.45, 7) is 5.95. The van der Waals surface area contributed by atoms with E-state index in [1.807, 2.05) is 25.1 Å². The van der Waals surface area contributed by atoms with E-state index in [-0.39, 0.29) is 30.7 Å². The van der Waals surface area contributed by atoms with Crippen LogP contribution >= 0.6 is 0 Å². The zero-order chi connectivity index (χ0) is 21.9. The predicted molar refractivity (Wildman–Crippen MR) is 116 cm³/mol. The third kappa shape index (κ3) is 5.24. The number of carbonyl (C=O) groups excluding carboxylic acids is 1. The summed E-state index contributed by atoms with van der Waals surface area (Å²) in [6, 6.07) is 14.8. The van der Waals surface area contributed by atoms with Crippen molar-refractivity contribution in [1.82, 2.24) is 5.32 Å². The molecule has 1 aliphatic heterocycles. The average molecular weight is 433 g/mol. The first-order valence-corrected chi connectivity index (χ1v) is 11.6. The summed E-state index contributed by atoms with van der Waals surface area (Å²) in [6.07, 6.45) is 1.79. The molecule has 0 spiro atoms. The summed E-state index contributed by atoms with van der Waals surface area (Å²) in [5.41, 5.74) is 1.40. The standard InChI is InChI=1S/C22H28N2O5S/c1-16(13-22(2,3)17-8-6-5-7-9-17)23-21(25)14-24(30(4,26)27)18-10-11-19-20(12-18)29-15-28-19/h5-12,16H,13-15H2,1-4H3,(H,23,25). The van der Waals surface area contributed by atoms with Crippen LogP contribution in [0.3, 0.4) is 0 Å². The van der Waals surface area contributed by atoms with Gasteiger partial charge >= 0.3 is 0 Å². The van der Waals surface area contributed by atoms with Crippen LogP contribution < -0.4 is 19.1 Å². The van der Waals surface area contributed by atoms with Crippen molar-refractivity contribution < 1.29 is 22.7 Å². The summed E-state index contributed by atoms with van der Waals surface area (Å²) in [7, 11) is -3.67. The van der Waals surface area contributed by atoms with Crippen LogP contribution in [0.25, 0.3) is 0 Å². The minimum Gasteiger partial charge on any atom is -0.454 e. The lowest BCUT2D eigenvalue weighted by Gasteiger charge is -2.30. The van der Waals surface area contributed by atoms with E-state index in [0.717, 1.165) is 10.6 Å². The monoisotopic (exact) mass is 432 g/mol. The van der Waals surface area contributed by atoms with E-state index in [0.29, 0.717) is 23.6 Å². The summed E-state index contributed by atoms with van der Waals surface area (Å²) in [5, 5.41) is 2.93. The fourth-order valence-corrected chi connectivity index (χ4v) is 4.56. The molecule has 7 nitrogen and oxygen atoms in total. The number of anilines is 1. The Morgan fingerprint density at radius 1 is 1.13 bits per heavy atom. The number of hydrogen-bond donors (Lipinski definition) is 1. The Kier molecular flexibility index (Phi) is 6.26. The molecule has 3 rings (SSSR count). The Labute approximate surface area is 178 Å². The summed E-state index contributed by atoms with van der Waals surface area (Å²) < 4.78 is 36.3. The van der Waals surface area contributed by atoms with Crippen LogP contribution in [-0.2, 0) is 20.2 Å². The van der Waals surface area contributed by atoms with Crippen molar-refractivity contribution in [3.63, 3.8) is 0 Å². The topological polar surface area (TPSA) is 84.9 Å². The largest absolute Gasteiger partial charge is 0.454 e. The van der Waals surface area contributed by atoms with E-state index < -0.39 is 10.0 Å². The van der Waals surface area contributed by atoms with Gasteiger partial charge in [0.25, 0.3) is 0 Å². The molecular weight excluding hydrogens is 404 g/mol. The van der Waals surface area contributed by atoms with Crippen LogP contribution in [0.15, 0.2) is 48.5 Å². The van der Waals surface area contributed by atoms with Crippen LogP contribution in [0, 0.1) is 0 Å². The predicted octanol–water partition coefficient (Wildman–Crippen LogP) is 3.05. The molecule has 0 fully saturated rings. The highest BCUT2D eigenvalue weighted by Gasteiger charge is 2.27. The Balaban J connectivity index is 1.68. The number of nitrogens with one attached hydrogen (secondary N) is 1. The highest BCUT2D eigenvalue weighted by Crippen LogP contribution is 2.36. The maximum absolute atomic E-state index is 12.7. The van der Waals surface area contributed by atoms with Gasteiger partial charge in [0.15, 0.2) is 11.5 Å². The summed E-state index contributed by atoms with van der Waals surface area (Å²) in [5.74, 6) is 0.641. The summed E-state index contributed by atoms with van der Waals surface area (Å²) in [4.78, 5) is 12.7. The van der Waals surface area contributed by atoms with Crippen LogP contribution in [0.4, 0.5) is 5.69 Å². The molecule has 2 aromatic rings.